The summed E-state index contributed by atoms with van der Waals surface area (Å²) in [5.74, 6) is 2.84. The number of ether oxygens (including phenoxy) is 1. The Labute approximate surface area is 143 Å². The topological polar surface area (TPSA) is 78.0 Å². The number of nitrogens with zero attached hydrogens (tertiary/aromatic N) is 3. The van der Waals surface area contributed by atoms with Gasteiger partial charge in [-0.1, -0.05) is 0 Å². The summed E-state index contributed by atoms with van der Waals surface area (Å²) in [5, 5.41) is 3.41. The first kappa shape index (κ1) is 15.1. The van der Waals surface area contributed by atoms with E-state index in [2.05, 4.69) is 19.6 Å². The van der Waals surface area contributed by atoms with E-state index in [1.807, 2.05) is 6.20 Å². The molecule has 6 nitrogen and oxygen atoms in total. The molecule has 3 fully saturated rings. The van der Waals surface area contributed by atoms with Crippen LogP contribution in [0.3, 0.4) is 0 Å². The van der Waals surface area contributed by atoms with Gasteiger partial charge in [0.25, 0.3) is 0 Å². The molecule has 3 aliphatic rings. The van der Waals surface area contributed by atoms with E-state index in [4.69, 9.17) is 10.7 Å². The molecule has 1 aliphatic heterocycles. The standard InChI is InChI=1S/C17H19F2N5O/c18-17(19)25-13-3-9(4-22-15(13)20)12-7-24(16(23-12)8-1-2-8)14-10-5-21-6-11(10)14/h3-4,7-8,10-11,14,17,21H,1-2,5-6H2,(H2,20,22)/t10-,11+,14+. The Morgan fingerprint density at radius 2 is 2.04 bits per heavy atom. The number of nitrogen functional groups attached to an aromatic ring is 1. The van der Waals surface area contributed by atoms with Crippen LogP contribution in [0.5, 0.6) is 5.75 Å². The van der Waals surface area contributed by atoms with Gasteiger partial charge in [0.1, 0.15) is 5.82 Å². The first-order chi connectivity index (χ1) is 12.1. The first-order valence-corrected chi connectivity index (χ1v) is 8.62. The molecular weight excluding hydrogens is 328 g/mol. The number of pyridine rings is 1. The lowest BCUT2D eigenvalue weighted by Gasteiger charge is -2.09. The van der Waals surface area contributed by atoms with Gasteiger partial charge < -0.3 is 20.4 Å². The quantitative estimate of drug-likeness (QED) is 0.868. The molecular formula is C17H19F2N5O. The van der Waals surface area contributed by atoms with E-state index in [1.54, 1.807) is 6.20 Å². The Bertz CT molecular complexity index is 809. The largest absolute Gasteiger partial charge is 0.431 e. The summed E-state index contributed by atoms with van der Waals surface area (Å²) in [6, 6.07) is 2.00. The third-order valence-corrected chi connectivity index (χ3v) is 5.46. The second-order valence-corrected chi connectivity index (χ2v) is 7.13. The number of halogens is 2. The van der Waals surface area contributed by atoms with Gasteiger partial charge >= 0.3 is 6.61 Å². The zero-order chi connectivity index (χ0) is 17.1. The van der Waals surface area contributed by atoms with Crippen molar-refractivity contribution in [1.82, 2.24) is 19.9 Å². The molecule has 8 heteroatoms. The molecule has 2 aromatic heterocycles. The molecule has 0 unspecified atom stereocenters. The fourth-order valence-electron chi connectivity index (χ4n) is 4.01. The molecule has 132 valence electrons. The number of alkyl halides is 2. The highest BCUT2D eigenvalue weighted by atomic mass is 19.3. The SMILES string of the molecule is Nc1ncc(-c2cn([C@H]3[C@@H]4CNC[C@@H]43)c(C3CC3)n2)cc1OC(F)F. The van der Waals surface area contributed by atoms with E-state index in [-0.39, 0.29) is 11.6 Å². The number of rotatable bonds is 5. The number of anilines is 1. The molecule has 5 rings (SSSR count). The van der Waals surface area contributed by atoms with Gasteiger partial charge in [0.15, 0.2) is 11.6 Å². The van der Waals surface area contributed by atoms with E-state index in [0.717, 1.165) is 37.4 Å². The third kappa shape index (κ3) is 2.55. The number of fused-ring (bicyclic) bond motifs is 1. The zero-order valence-electron chi connectivity index (χ0n) is 13.5. The minimum absolute atomic E-state index is 0.0475. The van der Waals surface area contributed by atoms with Crippen LogP contribution in [-0.4, -0.2) is 34.2 Å². The number of imidazole rings is 1. The van der Waals surface area contributed by atoms with Crippen LogP contribution in [-0.2, 0) is 0 Å². The van der Waals surface area contributed by atoms with E-state index in [1.165, 1.54) is 6.07 Å². The maximum atomic E-state index is 12.5. The fraction of sp³-hybridized carbons (Fsp3) is 0.529. The lowest BCUT2D eigenvalue weighted by molar-refractivity contribution is -0.0494. The minimum atomic E-state index is -2.93. The maximum absolute atomic E-state index is 12.5. The molecule has 0 amide bonds. The summed E-state index contributed by atoms with van der Waals surface area (Å²) in [5.41, 5.74) is 7.02. The van der Waals surface area contributed by atoms with Crippen molar-refractivity contribution >= 4 is 5.82 Å². The third-order valence-electron chi connectivity index (χ3n) is 5.46. The van der Waals surface area contributed by atoms with Gasteiger partial charge in [0.2, 0.25) is 0 Å². The predicted molar refractivity (Wildman–Crippen MR) is 87.4 cm³/mol. The fourth-order valence-corrected chi connectivity index (χ4v) is 4.01. The van der Waals surface area contributed by atoms with Crippen LogP contribution in [0.4, 0.5) is 14.6 Å². The molecule has 3 heterocycles. The smallest absolute Gasteiger partial charge is 0.387 e. The number of nitrogens with one attached hydrogen (secondary N) is 1. The summed E-state index contributed by atoms with van der Waals surface area (Å²) < 4.78 is 31.8. The molecule has 0 radical (unpaired) electrons. The van der Waals surface area contributed by atoms with E-state index in [9.17, 15) is 8.78 Å². The molecule has 0 aromatic carbocycles. The van der Waals surface area contributed by atoms with Crippen molar-refractivity contribution in [2.75, 3.05) is 18.8 Å². The summed E-state index contributed by atoms with van der Waals surface area (Å²) in [6.45, 7) is -0.817. The van der Waals surface area contributed by atoms with Crippen LogP contribution in [0.2, 0.25) is 0 Å². The Hall–Kier alpha value is -2.22. The molecule has 3 atom stereocenters. The number of piperidine rings is 1. The average molecular weight is 347 g/mol. The normalized spacial score (nSPS) is 27.6. The van der Waals surface area contributed by atoms with Crippen LogP contribution >= 0.6 is 0 Å². The number of nitrogens with two attached hydrogens (primary N) is 1. The van der Waals surface area contributed by atoms with Crippen molar-refractivity contribution in [1.29, 1.82) is 0 Å². The van der Waals surface area contributed by atoms with Crippen molar-refractivity contribution in [3.05, 3.63) is 24.3 Å². The molecule has 2 saturated carbocycles. The zero-order valence-corrected chi connectivity index (χ0v) is 13.5. The summed E-state index contributed by atoms with van der Waals surface area (Å²) in [4.78, 5) is 8.79. The molecule has 2 aromatic rings. The van der Waals surface area contributed by atoms with Crippen LogP contribution in [0.15, 0.2) is 18.5 Å². The molecule has 0 spiro atoms. The van der Waals surface area contributed by atoms with E-state index < -0.39 is 6.61 Å². The molecule has 25 heavy (non-hydrogen) atoms. The lowest BCUT2D eigenvalue weighted by atomic mass is 10.2. The van der Waals surface area contributed by atoms with Gasteiger partial charge in [-0.2, -0.15) is 8.78 Å². The Balaban J connectivity index is 1.50. The van der Waals surface area contributed by atoms with Crippen LogP contribution in [0.1, 0.15) is 30.6 Å². The maximum Gasteiger partial charge on any atom is 0.387 e. The average Bonchev–Trinajstić information content (AvgIpc) is 3.45. The molecule has 2 aliphatic carbocycles. The van der Waals surface area contributed by atoms with Gasteiger partial charge in [-0.05, 0) is 30.7 Å². The second-order valence-electron chi connectivity index (χ2n) is 7.13. The Morgan fingerprint density at radius 3 is 2.72 bits per heavy atom. The van der Waals surface area contributed by atoms with Crippen LogP contribution < -0.4 is 15.8 Å². The predicted octanol–water partition coefficient (Wildman–Crippen LogP) is 2.40. The van der Waals surface area contributed by atoms with Crippen LogP contribution in [0.25, 0.3) is 11.3 Å². The minimum Gasteiger partial charge on any atom is -0.431 e. The molecule has 3 N–H and O–H groups in total. The highest BCUT2D eigenvalue weighted by Gasteiger charge is 2.55. The Kier molecular flexibility index (Phi) is 3.25. The van der Waals surface area contributed by atoms with Crippen LogP contribution in [0, 0.1) is 11.8 Å². The Morgan fingerprint density at radius 1 is 1.28 bits per heavy atom. The van der Waals surface area contributed by atoms with Gasteiger partial charge in [0, 0.05) is 43.0 Å². The van der Waals surface area contributed by atoms with Crippen molar-refractivity contribution in [2.45, 2.75) is 31.4 Å². The van der Waals surface area contributed by atoms with Gasteiger partial charge in [-0.15, -0.1) is 0 Å². The first-order valence-electron chi connectivity index (χ1n) is 8.62. The number of hydrogen-bond acceptors (Lipinski definition) is 5. The van der Waals surface area contributed by atoms with Crippen molar-refractivity contribution in [3.8, 4) is 17.0 Å². The van der Waals surface area contributed by atoms with E-state index >= 15 is 0 Å². The van der Waals surface area contributed by atoms with Crippen molar-refractivity contribution in [2.24, 2.45) is 11.8 Å². The second kappa shape index (κ2) is 5.39. The monoisotopic (exact) mass is 347 g/mol. The lowest BCUT2D eigenvalue weighted by Crippen LogP contribution is -2.17. The van der Waals surface area contributed by atoms with Crippen molar-refractivity contribution < 1.29 is 13.5 Å². The number of hydrogen-bond donors (Lipinski definition) is 2. The van der Waals surface area contributed by atoms with Crippen molar-refractivity contribution in [3.63, 3.8) is 0 Å². The summed E-state index contributed by atoms with van der Waals surface area (Å²) in [7, 11) is 0. The number of aromatic nitrogens is 3. The summed E-state index contributed by atoms with van der Waals surface area (Å²) in [6.07, 6.45) is 5.93. The molecule has 0 bridgehead atoms. The van der Waals surface area contributed by atoms with Gasteiger partial charge in [0.05, 0.1) is 5.69 Å². The summed E-state index contributed by atoms with van der Waals surface area (Å²) >= 11 is 0. The molecule has 1 saturated heterocycles. The van der Waals surface area contributed by atoms with E-state index in [0.29, 0.717) is 29.4 Å². The van der Waals surface area contributed by atoms with Gasteiger partial charge in [-0.25, -0.2) is 9.97 Å². The highest BCUT2D eigenvalue weighted by Crippen LogP contribution is 2.55. The van der Waals surface area contributed by atoms with Gasteiger partial charge in [-0.3, -0.25) is 0 Å². The highest BCUT2D eigenvalue weighted by molar-refractivity contribution is 5.64.